The largest absolute Gasteiger partial charge is 0.497 e. The first-order valence-electron chi connectivity index (χ1n) is 9.96. The molecular weight excluding hydrogens is 350 g/mol. The average Bonchev–Trinajstić information content (AvgIpc) is 2.78. The van der Waals surface area contributed by atoms with Crippen LogP contribution in [-0.2, 0) is 5.66 Å². The lowest BCUT2D eigenvalue weighted by atomic mass is 9.83. The number of hydrogen-bond acceptors (Lipinski definition) is 5. The lowest BCUT2D eigenvalue weighted by Crippen LogP contribution is -2.61. The fraction of sp³-hybridized carbons (Fsp3) is 0.391. The van der Waals surface area contributed by atoms with Crippen molar-refractivity contribution >= 4 is 6.08 Å². The second-order valence-electron chi connectivity index (χ2n) is 7.30. The number of hydrogen-bond donors (Lipinski definition) is 1. The summed E-state index contributed by atoms with van der Waals surface area (Å²) in [5.74, 6) is 1.60. The van der Waals surface area contributed by atoms with Gasteiger partial charge in [-0.25, -0.2) is 0 Å². The number of likely N-dealkylation sites (N-methyl/N-ethyl adjacent to an activating group) is 1. The van der Waals surface area contributed by atoms with E-state index in [-0.39, 0.29) is 0 Å². The number of benzene rings is 2. The first-order valence-corrected chi connectivity index (χ1v) is 9.96. The van der Waals surface area contributed by atoms with E-state index in [0.717, 1.165) is 49.8 Å². The van der Waals surface area contributed by atoms with Crippen molar-refractivity contribution in [1.82, 2.24) is 15.1 Å². The van der Waals surface area contributed by atoms with Gasteiger partial charge in [-0.1, -0.05) is 31.2 Å². The maximum absolute atomic E-state index is 5.59. The number of ether oxygens (including phenoxy) is 2. The van der Waals surface area contributed by atoms with Gasteiger partial charge in [-0.3, -0.25) is 4.90 Å². The molecule has 1 fully saturated rings. The second kappa shape index (κ2) is 7.86. The predicted octanol–water partition coefficient (Wildman–Crippen LogP) is 3.12. The highest BCUT2D eigenvalue weighted by molar-refractivity contribution is 5.62. The van der Waals surface area contributed by atoms with Gasteiger partial charge in [0.25, 0.3) is 0 Å². The molecule has 2 aromatic carbocycles. The minimum atomic E-state index is -0.451. The van der Waals surface area contributed by atoms with Gasteiger partial charge in [0, 0.05) is 43.4 Å². The summed E-state index contributed by atoms with van der Waals surface area (Å²) in [6, 6.07) is 14.8. The zero-order valence-electron chi connectivity index (χ0n) is 16.9. The van der Waals surface area contributed by atoms with Crippen LogP contribution in [0.15, 0.2) is 48.7 Å². The minimum absolute atomic E-state index is 0.451. The van der Waals surface area contributed by atoms with E-state index in [1.165, 1.54) is 11.1 Å². The minimum Gasteiger partial charge on any atom is -0.497 e. The number of piperazine rings is 1. The highest BCUT2D eigenvalue weighted by Gasteiger charge is 2.43. The topological polar surface area (TPSA) is 37.0 Å². The van der Waals surface area contributed by atoms with E-state index in [9.17, 15) is 0 Å². The number of fused-ring (bicyclic) bond motifs is 1. The molecule has 5 nitrogen and oxygen atoms in total. The Morgan fingerprint density at radius 3 is 2.29 bits per heavy atom. The molecule has 2 aliphatic heterocycles. The first kappa shape index (κ1) is 18.8. The summed E-state index contributed by atoms with van der Waals surface area (Å²) in [7, 11) is 3.40. The van der Waals surface area contributed by atoms with Crippen LogP contribution in [0.2, 0.25) is 0 Å². The van der Waals surface area contributed by atoms with E-state index >= 15 is 0 Å². The molecule has 1 unspecified atom stereocenters. The zero-order valence-corrected chi connectivity index (χ0v) is 16.9. The monoisotopic (exact) mass is 379 g/mol. The van der Waals surface area contributed by atoms with Crippen molar-refractivity contribution in [3.8, 4) is 11.5 Å². The molecule has 0 aliphatic carbocycles. The van der Waals surface area contributed by atoms with E-state index in [2.05, 4.69) is 70.7 Å². The Bertz CT molecular complexity index is 836. The summed E-state index contributed by atoms with van der Waals surface area (Å²) in [5, 5.41) is 3.73. The highest BCUT2D eigenvalue weighted by Crippen LogP contribution is 2.41. The van der Waals surface area contributed by atoms with Gasteiger partial charge in [0.15, 0.2) is 0 Å². The second-order valence-corrected chi connectivity index (χ2v) is 7.30. The van der Waals surface area contributed by atoms with Gasteiger partial charge in [0.05, 0.1) is 14.2 Å². The normalized spacial score (nSPS) is 22.4. The number of methoxy groups -OCH3 is 2. The standard InChI is InChI=1S/C23H29N3O2/c1-4-25-11-13-26(14-12-25)23(19-15-20(27-2)17-21(16-19)28-3)22-8-6-5-7-18(22)9-10-24-23/h5-10,15-17,24H,4,11-14H2,1-3H3. The third-order valence-corrected chi connectivity index (χ3v) is 5.97. The van der Waals surface area contributed by atoms with Crippen LogP contribution in [0.5, 0.6) is 11.5 Å². The van der Waals surface area contributed by atoms with Crippen LogP contribution < -0.4 is 14.8 Å². The van der Waals surface area contributed by atoms with E-state index < -0.39 is 5.66 Å². The molecule has 2 aromatic rings. The molecule has 0 saturated carbocycles. The first-order chi connectivity index (χ1) is 13.7. The fourth-order valence-corrected chi connectivity index (χ4v) is 4.40. The fourth-order valence-electron chi connectivity index (χ4n) is 4.40. The Hall–Kier alpha value is -2.50. The summed E-state index contributed by atoms with van der Waals surface area (Å²) in [4.78, 5) is 5.05. The molecule has 0 radical (unpaired) electrons. The Balaban J connectivity index is 1.88. The third-order valence-electron chi connectivity index (χ3n) is 5.97. The molecule has 28 heavy (non-hydrogen) atoms. The SMILES string of the molecule is CCN1CCN(C2(c3cc(OC)cc(OC)c3)NC=Cc3ccccc32)CC1. The molecule has 0 amide bonds. The van der Waals surface area contributed by atoms with E-state index in [1.807, 2.05) is 6.07 Å². The Labute approximate surface area is 167 Å². The van der Waals surface area contributed by atoms with Crippen molar-refractivity contribution < 1.29 is 9.47 Å². The van der Waals surface area contributed by atoms with Crippen molar-refractivity contribution in [2.45, 2.75) is 12.6 Å². The summed E-state index contributed by atoms with van der Waals surface area (Å²) in [6.45, 7) is 7.43. The van der Waals surface area contributed by atoms with Gasteiger partial charge in [0.1, 0.15) is 17.2 Å². The highest BCUT2D eigenvalue weighted by atomic mass is 16.5. The molecule has 0 bridgehead atoms. The maximum Gasteiger partial charge on any atom is 0.144 e. The van der Waals surface area contributed by atoms with Gasteiger partial charge in [-0.05, 0) is 36.5 Å². The van der Waals surface area contributed by atoms with Crippen LogP contribution >= 0.6 is 0 Å². The molecule has 4 rings (SSSR count). The predicted molar refractivity (Wildman–Crippen MR) is 113 cm³/mol. The maximum atomic E-state index is 5.59. The molecule has 1 atom stereocenters. The molecule has 5 heteroatoms. The smallest absolute Gasteiger partial charge is 0.144 e. The molecular formula is C23H29N3O2. The zero-order chi connectivity index (χ0) is 19.6. The van der Waals surface area contributed by atoms with Gasteiger partial charge < -0.3 is 19.7 Å². The summed E-state index contributed by atoms with van der Waals surface area (Å²) < 4.78 is 11.2. The Morgan fingerprint density at radius 2 is 1.64 bits per heavy atom. The summed E-state index contributed by atoms with van der Waals surface area (Å²) >= 11 is 0. The van der Waals surface area contributed by atoms with E-state index in [0.29, 0.717) is 0 Å². The van der Waals surface area contributed by atoms with Crippen molar-refractivity contribution in [2.75, 3.05) is 46.9 Å². The van der Waals surface area contributed by atoms with Crippen LogP contribution in [-0.4, -0.2) is 56.7 Å². The summed E-state index contributed by atoms with van der Waals surface area (Å²) in [5.41, 5.74) is 3.18. The van der Waals surface area contributed by atoms with Crippen LogP contribution in [0.4, 0.5) is 0 Å². The molecule has 1 N–H and O–H groups in total. The van der Waals surface area contributed by atoms with Crippen LogP contribution in [0.25, 0.3) is 6.08 Å². The van der Waals surface area contributed by atoms with Crippen molar-refractivity contribution in [3.63, 3.8) is 0 Å². The molecule has 0 spiro atoms. The number of rotatable bonds is 5. The van der Waals surface area contributed by atoms with E-state index in [1.54, 1.807) is 14.2 Å². The third kappa shape index (κ3) is 3.15. The van der Waals surface area contributed by atoms with Crippen molar-refractivity contribution in [2.24, 2.45) is 0 Å². The van der Waals surface area contributed by atoms with Crippen LogP contribution in [0, 0.1) is 0 Å². The van der Waals surface area contributed by atoms with E-state index in [4.69, 9.17) is 9.47 Å². The molecule has 148 valence electrons. The average molecular weight is 380 g/mol. The van der Waals surface area contributed by atoms with Gasteiger partial charge >= 0.3 is 0 Å². The number of nitrogens with zero attached hydrogens (tertiary/aromatic N) is 2. The van der Waals surface area contributed by atoms with Crippen molar-refractivity contribution in [1.29, 1.82) is 0 Å². The lowest BCUT2D eigenvalue weighted by molar-refractivity contribution is 0.0408. The lowest BCUT2D eigenvalue weighted by Gasteiger charge is -2.50. The van der Waals surface area contributed by atoms with Crippen LogP contribution in [0.3, 0.4) is 0 Å². The molecule has 1 saturated heterocycles. The van der Waals surface area contributed by atoms with Gasteiger partial charge in [-0.2, -0.15) is 0 Å². The molecule has 2 heterocycles. The Morgan fingerprint density at radius 1 is 0.964 bits per heavy atom. The molecule has 0 aromatic heterocycles. The number of nitrogens with one attached hydrogen (secondary N) is 1. The van der Waals surface area contributed by atoms with Gasteiger partial charge in [-0.15, -0.1) is 0 Å². The van der Waals surface area contributed by atoms with Gasteiger partial charge in [0.2, 0.25) is 0 Å². The van der Waals surface area contributed by atoms with Crippen molar-refractivity contribution in [3.05, 3.63) is 65.4 Å². The molecule has 2 aliphatic rings. The Kier molecular flexibility index (Phi) is 5.29. The van der Waals surface area contributed by atoms with Crippen LogP contribution in [0.1, 0.15) is 23.6 Å². The quantitative estimate of drug-likeness (QED) is 0.864. The summed E-state index contributed by atoms with van der Waals surface area (Å²) in [6.07, 6.45) is 4.22.